The van der Waals surface area contributed by atoms with Crippen LogP contribution in [-0.2, 0) is 20.5 Å². The molecule has 28 heavy (non-hydrogen) atoms. The first-order valence-corrected chi connectivity index (χ1v) is 9.10. The summed E-state index contributed by atoms with van der Waals surface area (Å²) in [6.07, 6.45) is 0. The van der Waals surface area contributed by atoms with Crippen molar-refractivity contribution in [3.8, 4) is 0 Å². The highest BCUT2D eigenvalue weighted by Gasteiger charge is 2.53. The van der Waals surface area contributed by atoms with Crippen molar-refractivity contribution in [1.82, 2.24) is 10.2 Å². The van der Waals surface area contributed by atoms with Crippen molar-refractivity contribution < 1.29 is 19.5 Å². The Balaban J connectivity index is 1.99. The summed E-state index contributed by atoms with van der Waals surface area (Å²) < 4.78 is 0. The molecule has 3 rings (SSSR count). The molecular formula is C22H24N2O4. The highest BCUT2D eigenvalue weighted by atomic mass is 16.4. The van der Waals surface area contributed by atoms with E-state index in [9.17, 15) is 19.5 Å². The molecule has 1 heterocycles. The van der Waals surface area contributed by atoms with E-state index in [1.807, 2.05) is 12.1 Å². The van der Waals surface area contributed by atoms with E-state index in [1.54, 1.807) is 49.4 Å². The quantitative estimate of drug-likeness (QED) is 0.794. The fraction of sp³-hybridized carbons (Fsp3) is 0.318. The van der Waals surface area contributed by atoms with Crippen LogP contribution in [0.25, 0.3) is 0 Å². The van der Waals surface area contributed by atoms with Crippen LogP contribution in [0.3, 0.4) is 0 Å². The van der Waals surface area contributed by atoms with Crippen molar-refractivity contribution in [3.63, 3.8) is 0 Å². The maximum atomic E-state index is 13.2. The summed E-state index contributed by atoms with van der Waals surface area (Å²) in [5.41, 5.74) is 0.706. The average molecular weight is 380 g/mol. The average Bonchev–Trinajstić information content (AvgIpc) is 2.86. The molecule has 6 nitrogen and oxygen atoms in total. The number of aliphatic carboxylic acids is 1. The third-order valence-corrected chi connectivity index (χ3v) is 5.16. The van der Waals surface area contributed by atoms with Gasteiger partial charge in [-0.05, 0) is 29.0 Å². The van der Waals surface area contributed by atoms with E-state index in [-0.39, 0.29) is 5.41 Å². The number of imide groups is 1. The minimum Gasteiger partial charge on any atom is -0.479 e. The smallest absolute Gasteiger partial charge is 0.331 e. The van der Waals surface area contributed by atoms with Crippen LogP contribution in [0.4, 0.5) is 4.79 Å². The molecule has 0 spiro atoms. The SMILES string of the molecule is CC(C)(C)c1ccc(C2(C)NC(=O)N(C(C(=O)O)c3ccccc3)C2=O)cc1. The normalized spacial score (nSPS) is 20.8. The lowest BCUT2D eigenvalue weighted by Gasteiger charge is -2.26. The molecule has 2 aromatic rings. The largest absolute Gasteiger partial charge is 0.479 e. The highest BCUT2D eigenvalue weighted by molar-refractivity contribution is 6.09. The number of nitrogens with one attached hydrogen (secondary N) is 1. The van der Waals surface area contributed by atoms with E-state index in [1.165, 1.54) is 0 Å². The van der Waals surface area contributed by atoms with Gasteiger partial charge >= 0.3 is 12.0 Å². The summed E-state index contributed by atoms with van der Waals surface area (Å²) in [5, 5.41) is 12.4. The minimum absolute atomic E-state index is 0.0455. The third kappa shape index (κ3) is 3.26. The molecule has 2 atom stereocenters. The number of hydrogen-bond donors (Lipinski definition) is 2. The summed E-state index contributed by atoms with van der Waals surface area (Å²) in [6.45, 7) is 7.87. The number of carbonyl (C=O) groups excluding carboxylic acids is 2. The Morgan fingerprint density at radius 3 is 2.11 bits per heavy atom. The van der Waals surface area contributed by atoms with E-state index >= 15 is 0 Å². The first-order valence-electron chi connectivity index (χ1n) is 9.10. The van der Waals surface area contributed by atoms with E-state index in [0.29, 0.717) is 11.1 Å². The molecule has 1 aliphatic rings. The van der Waals surface area contributed by atoms with Gasteiger partial charge in [0.25, 0.3) is 5.91 Å². The molecule has 3 amide bonds. The molecule has 2 aromatic carbocycles. The molecule has 146 valence electrons. The first kappa shape index (κ1) is 19.6. The van der Waals surface area contributed by atoms with Crippen molar-refractivity contribution >= 4 is 17.9 Å². The fourth-order valence-electron chi connectivity index (χ4n) is 3.43. The zero-order valence-electron chi connectivity index (χ0n) is 16.4. The number of carbonyl (C=O) groups is 3. The maximum Gasteiger partial charge on any atom is 0.331 e. The topological polar surface area (TPSA) is 86.7 Å². The lowest BCUT2D eigenvalue weighted by Crippen LogP contribution is -2.42. The van der Waals surface area contributed by atoms with Crippen molar-refractivity contribution in [2.24, 2.45) is 0 Å². The van der Waals surface area contributed by atoms with Gasteiger partial charge in [-0.1, -0.05) is 75.4 Å². The Hall–Kier alpha value is -3.15. The molecule has 0 aromatic heterocycles. The molecule has 1 saturated heterocycles. The van der Waals surface area contributed by atoms with Crippen molar-refractivity contribution in [2.45, 2.75) is 44.7 Å². The molecule has 2 N–H and O–H groups in total. The van der Waals surface area contributed by atoms with Crippen LogP contribution in [0.15, 0.2) is 54.6 Å². The number of nitrogens with zero attached hydrogens (tertiary/aromatic N) is 1. The Kier molecular flexibility index (Phi) is 4.75. The molecule has 2 unspecified atom stereocenters. The van der Waals surface area contributed by atoms with Crippen LogP contribution < -0.4 is 5.32 Å². The second-order valence-electron chi connectivity index (χ2n) is 8.21. The number of hydrogen-bond acceptors (Lipinski definition) is 3. The highest BCUT2D eigenvalue weighted by Crippen LogP contribution is 2.35. The standard InChI is InChI=1S/C22H24N2O4/c1-21(2,3)15-10-12-16(13-11-15)22(4)19(27)24(20(28)23-22)17(18(25)26)14-8-6-5-7-9-14/h5-13,17H,1-4H3,(H,23,28)(H,25,26). The van der Waals surface area contributed by atoms with Crippen molar-refractivity contribution in [2.75, 3.05) is 0 Å². The number of carboxylic acid groups (broad SMARTS) is 1. The van der Waals surface area contributed by atoms with Gasteiger partial charge in [0.05, 0.1) is 0 Å². The summed E-state index contributed by atoms with van der Waals surface area (Å²) in [4.78, 5) is 38.6. The molecular weight excluding hydrogens is 356 g/mol. The first-order chi connectivity index (χ1) is 13.1. The lowest BCUT2D eigenvalue weighted by molar-refractivity contribution is -0.148. The summed E-state index contributed by atoms with van der Waals surface area (Å²) >= 11 is 0. The van der Waals surface area contributed by atoms with Gasteiger partial charge in [0.15, 0.2) is 6.04 Å². The van der Waals surface area contributed by atoms with E-state index in [4.69, 9.17) is 0 Å². The zero-order chi connectivity index (χ0) is 20.7. The van der Waals surface area contributed by atoms with Gasteiger partial charge in [0, 0.05) is 0 Å². The van der Waals surface area contributed by atoms with Crippen molar-refractivity contribution in [3.05, 3.63) is 71.3 Å². The number of urea groups is 1. The molecule has 1 aliphatic heterocycles. The minimum atomic E-state index is -1.38. The molecule has 6 heteroatoms. The Bertz CT molecular complexity index is 916. The van der Waals surface area contributed by atoms with E-state index in [0.717, 1.165) is 10.5 Å². The second kappa shape index (κ2) is 6.78. The molecule has 1 fully saturated rings. The van der Waals surface area contributed by atoms with Gasteiger partial charge in [-0.3, -0.25) is 4.79 Å². The predicted molar refractivity (Wildman–Crippen MR) is 105 cm³/mol. The van der Waals surface area contributed by atoms with Crippen LogP contribution >= 0.6 is 0 Å². The van der Waals surface area contributed by atoms with Crippen LogP contribution in [0.2, 0.25) is 0 Å². The Morgan fingerprint density at radius 1 is 1.04 bits per heavy atom. The van der Waals surface area contributed by atoms with Gasteiger partial charge in [-0.25, -0.2) is 14.5 Å². The van der Waals surface area contributed by atoms with Gasteiger partial charge in [-0.2, -0.15) is 0 Å². The van der Waals surface area contributed by atoms with Crippen LogP contribution in [0.1, 0.15) is 50.4 Å². The molecule has 0 aliphatic carbocycles. The monoisotopic (exact) mass is 380 g/mol. The number of rotatable bonds is 4. The zero-order valence-corrected chi connectivity index (χ0v) is 16.4. The number of benzene rings is 2. The van der Waals surface area contributed by atoms with Gasteiger partial charge < -0.3 is 10.4 Å². The van der Waals surface area contributed by atoms with E-state index in [2.05, 4.69) is 26.1 Å². The number of amides is 3. The Morgan fingerprint density at radius 2 is 1.61 bits per heavy atom. The maximum absolute atomic E-state index is 13.2. The summed E-state index contributed by atoms with van der Waals surface area (Å²) in [7, 11) is 0. The fourth-order valence-corrected chi connectivity index (χ4v) is 3.43. The van der Waals surface area contributed by atoms with E-state index < -0.39 is 29.5 Å². The Labute approximate surface area is 164 Å². The molecule has 0 bridgehead atoms. The predicted octanol–water partition coefficient (Wildman–Crippen LogP) is 3.58. The van der Waals surface area contributed by atoms with Gasteiger partial charge in [0.1, 0.15) is 5.54 Å². The van der Waals surface area contributed by atoms with Crippen LogP contribution in [0.5, 0.6) is 0 Å². The molecule has 0 saturated carbocycles. The summed E-state index contributed by atoms with van der Waals surface area (Å²) in [6, 6.07) is 13.6. The third-order valence-electron chi connectivity index (χ3n) is 5.16. The number of carboxylic acids is 1. The lowest BCUT2D eigenvalue weighted by atomic mass is 9.84. The van der Waals surface area contributed by atoms with Gasteiger partial charge in [-0.15, -0.1) is 0 Å². The van der Waals surface area contributed by atoms with Crippen LogP contribution in [0, 0.1) is 0 Å². The molecule has 0 radical (unpaired) electrons. The van der Waals surface area contributed by atoms with Gasteiger partial charge in [0.2, 0.25) is 0 Å². The van der Waals surface area contributed by atoms with Crippen LogP contribution in [-0.4, -0.2) is 27.9 Å². The van der Waals surface area contributed by atoms with Crippen molar-refractivity contribution in [1.29, 1.82) is 0 Å². The second-order valence-corrected chi connectivity index (χ2v) is 8.21. The summed E-state index contributed by atoms with van der Waals surface area (Å²) in [5.74, 6) is -1.85.